The van der Waals surface area contributed by atoms with Gasteiger partial charge in [-0.25, -0.2) is 0 Å². The molecule has 0 heterocycles. The number of rotatable bonds is 5. The van der Waals surface area contributed by atoms with Crippen molar-refractivity contribution >= 4 is 5.78 Å². The van der Waals surface area contributed by atoms with Gasteiger partial charge in [-0.2, -0.15) is 0 Å². The van der Waals surface area contributed by atoms with E-state index >= 15 is 0 Å². The van der Waals surface area contributed by atoms with E-state index in [9.17, 15) is 4.79 Å². The van der Waals surface area contributed by atoms with E-state index in [4.69, 9.17) is 0 Å². The smallest absolute Gasteiger partial charge is 0.155 e. The van der Waals surface area contributed by atoms with Crippen LogP contribution < -0.4 is 0 Å². The van der Waals surface area contributed by atoms with E-state index in [-0.39, 0.29) is 5.78 Å². The molecule has 0 spiro atoms. The van der Waals surface area contributed by atoms with Crippen LogP contribution in [0.3, 0.4) is 0 Å². The van der Waals surface area contributed by atoms with Crippen molar-refractivity contribution in [3.63, 3.8) is 0 Å². The van der Waals surface area contributed by atoms with Gasteiger partial charge in [0.05, 0.1) is 0 Å². The molecule has 11 heavy (non-hydrogen) atoms. The molecule has 64 valence electrons. The van der Waals surface area contributed by atoms with Gasteiger partial charge in [0, 0.05) is 6.42 Å². The first-order valence-electron chi connectivity index (χ1n) is 4.36. The molecule has 0 atom stereocenters. The van der Waals surface area contributed by atoms with Crippen LogP contribution in [-0.4, -0.2) is 5.78 Å². The van der Waals surface area contributed by atoms with E-state index < -0.39 is 0 Å². The Bertz CT molecular complexity index is 134. The van der Waals surface area contributed by atoms with Crippen LogP contribution in [0.4, 0.5) is 0 Å². The summed E-state index contributed by atoms with van der Waals surface area (Å²) in [6.07, 6.45) is 6.49. The third kappa shape index (κ3) is 7.31. The number of carbonyl (C=O) groups excluding carboxylic acids is 1. The first-order valence-corrected chi connectivity index (χ1v) is 4.36. The van der Waals surface area contributed by atoms with Crippen LogP contribution in [0.1, 0.15) is 40.0 Å². The Labute approximate surface area is 69.5 Å². The average molecular weight is 154 g/mol. The van der Waals surface area contributed by atoms with E-state index in [1.807, 2.05) is 6.08 Å². The molecule has 0 aliphatic rings. The normalized spacial score (nSPS) is 11.3. The lowest BCUT2D eigenvalue weighted by Crippen LogP contribution is -1.98. The van der Waals surface area contributed by atoms with Crippen molar-refractivity contribution in [2.24, 2.45) is 5.92 Å². The Kier molecular flexibility index (Phi) is 5.81. The maximum Gasteiger partial charge on any atom is 0.155 e. The molecule has 0 aromatic rings. The molecule has 0 amide bonds. The zero-order valence-electron chi connectivity index (χ0n) is 7.76. The maximum absolute atomic E-state index is 11.0. The third-order valence-electron chi connectivity index (χ3n) is 1.37. The highest BCUT2D eigenvalue weighted by Gasteiger charge is 1.99. The molecule has 0 rings (SSSR count). The number of ketones is 1. The number of carbonyl (C=O) groups is 1. The quantitative estimate of drug-likeness (QED) is 0.556. The lowest BCUT2D eigenvalue weighted by atomic mass is 10.1. The van der Waals surface area contributed by atoms with Crippen molar-refractivity contribution in [3.05, 3.63) is 12.2 Å². The van der Waals surface area contributed by atoms with Crippen molar-refractivity contribution in [3.8, 4) is 0 Å². The lowest BCUT2D eigenvalue weighted by molar-refractivity contribution is -0.115. The summed E-state index contributed by atoms with van der Waals surface area (Å²) in [6, 6.07) is 0. The topological polar surface area (TPSA) is 17.1 Å². The Hall–Kier alpha value is -0.590. The minimum absolute atomic E-state index is 0.258. The SMILES string of the molecule is CCC/C=C/C(=O)CC(C)C. The van der Waals surface area contributed by atoms with Crippen LogP contribution in [-0.2, 0) is 4.79 Å². The number of hydrogen-bond acceptors (Lipinski definition) is 1. The van der Waals surface area contributed by atoms with E-state index in [1.54, 1.807) is 6.08 Å². The monoisotopic (exact) mass is 154 g/mol. The predicted octanol–water partition coefficient (Wildman–Crippen LogP) is 2.96. The highest BCUT2D eigenvalue weighted by Crippen LogP contribution is 2.01. The molecular formula is C10H18O. The third-order valence-corrected chi connectivity index (χ3v) is 1.37. The Morgan fingerprint density at radius 1 is 1.45 bits per heavy atom. The standard InChI is InChI=1S/C10H18O/c1-4-5-6-7-10(11)8-9(2)3/h6-7,9H,4-5,8H2,1-3H3/b7-6+. The van der Waals surface area contributed by atoms with Crippen LogP contribution in [0.5, 0.6) is 0 Å². The summed E-state index contributed by atoms with van der Waals surface area (Å²) in [7, 11) is 0. The second kappa shape index (κ2) is 6.14. The second-order valence-corrected chi connectivity index (χ2v) is 3.26. The molecule has 0 aromatic heterocycles. The fraction of sp³-hybridized carbons (Fsp3) is 0.700. The van der Waals surface area contributed by atoms with Gasteiger partial charge < -0.3 is 0 Å². The Morgan fingerprint density at radius 3 is 2.55 bits per heavy atom. The number of hydrogen-bond donors (Lipinski definition) is 0. The minimum Gasteiger partial charge on any atom is -0.295 e. The van der Waals surface area contributed by atoms with Crippen molar-refractivity contribution < 1.29 is 4.79 Å². The fourth-order valence-corrected chi connectivity index (χ4v) is 0.852. The number of allylic oxidation sites excluding steroid dienone is 2. The van der Waals surface area contributed by atoms with Crippen LogP contribution >= 0.6 is 0 Å². The van der Waals surface area contributed by atoms with Crippen molar-refractivity contribution in [2.45, 2.75) is 40.0 Å². The van der Waals surface area contributed by atoms with Gasteiger partial charge in [0.2, 0.25) is 0 Å². The molecule has 0 bridgehead atoms. The summed E-state index contributed by atoms with van der Waals surface area (Å²) < 4.78 is 0. The molecule has 0 aliphatic heterocycles. The first kappa shape index (κ1) is 10.4. The first-order chi connectivity index (χ1) is 5.16. The van der Waals surface area contributed by atoms with E-state index in [0.29, 0.717) is 12.3 Å². The molecule has 0 aromatic carbocycles. The molecule has 0 radical (unpaired) electrons. The maximum atomic E-state index is 11.0. The summed E-state index contributed by atoms with van der Waals surface area (Å²) in [5, 5.41) is 0. The lowest BCUT2D eigenvalue weighted by Gasteiger charge is -1.97. The van der Waals surface area contributed by atoms with Crippen molar-refractivity contribution in [2.75, 3.05) is 0 Å². The van der Waals surface area contributed by atoms with Crippen LogP contribution in [0.15, 0.2) is 12.2 Å². The van der Waals surface area contributed by atoms with E-state index in [1.165, 1.54) is 0 Å². The van der Waals surface area contributed by atoms with Crippen LogP contribution in [0.25, 0.3) is 0 Å². The summed E-state index contributed by atoms with van der Waals surface area (Å²) in [5.41, 5.74) is 0. The largest absolute Gasteiger partial charge is 0.295 e. The van der Waals surface area contributed by atoms with Gasteiger partial charge in [-0.15, -0.1) is 0 Å². The molecule has 0 unspecified atom stereocenters. The molecule has 0 saturated carbocycles. The molecule has 0 aliphatic carbocycles. The Morgan fingerprint density at radius 2 is 2.09 bits per heavy atom. The molecule has 1 nitrogen and oxygen atoms in total. The molecular weight excluding hydrogens is 136 g/mol. The fourth-order valence-electron chi connectivity index (χ4n) is 0.852. The van der Waals surface area contributed by atoms with Gasteiger partial charge >= 0.3 is 0 Å². The summed E-state index contributed by atoms with van der Waals surface area (Å²) in [6.45, 7) is 6.23. The van der Waals surface area contributed by atoms with Crippen molar-refractivity contribution in [1.29, 1.82) is 0 Å². The number of unbranched alkanes of at least 4 members (excludes halogenated alkanes) is 1. The average Bonchev–Trinajstić information content (AvgIpc) is 1.86. The van der Waals surface area contributed by atoms with Gasteiger partial charge in [-0.1, -0.05) is 33.3 Å². The van der Waals surface area contributed by atoms with Crippen molar-refractivity contribution in [1.82, 2.24) is 0 Å². The highest BCUT2D eigenvalue weighted by atomic mass is 16.1. The zero-order valence-corrected chi connectivity index (χ0v) is 7.76. The minimum atomic E-state index is 0.258. The summed E-state index contributed by atoms with van der Waals surface area (Å²) in [5.74, 6) is 0.738. The van der Waals surface area contributed by atoms with Gasteiger partial charge in [-0.05, 0) is 18.4 Å². The van der Waals surface area contributed by atoms with Gasteiger partial charge in [0.15, 0.2) is 5.78 Å². The van der Waals surface area contributed by atoms with E-state index in [2.05, 4.69) is 20.8 Å². The molecule has 1 heteroatoms. The second-order valence-electron chi connectivity index (χ2n) is 3.26. The van der Waals surface area contributed by atoms with Gasteiger partial charge in [0.25, 0.3) is 0 Å². The summed E-state index contributed by atoms with van der Waals surface area (Å²) >= 11 is 0. The van der Waals surface area contributed by atoms with Gasteiger partial charge in [0.1, 0.15) is 0 Å². The zero-order chi connectivity index (χ0) is 8.69. The Balaban J connectivity index is 3.51. The van der Waals surface area contributed by atoms with Crippen LogP contribution in [0.2, 0.25) is 0 Å². The van der Waals surface area contributed by atoms with Crippen LogP contribution in [0, 0.1) is 5.92 Å². The summed E-state index contributed by atoms with van der Waals surface area (Å²) in [4.78, 5) is 11.0. The predicted molar refractivity (Wildman–Crippen MR) is 48.5 cm³/mol. The van der Waals surface area contributed by atoms with Gasteiger partial charge in [-0.3, -0.25) is 4.79 Å². The molecule has 0 fully saturated rings. The molecule has 0 saturated heterocycles. The highest BCUT2D eigenvalue weighted by molar-refractivity contribution is 5.89. The molecule has 0 N–H and O–H groups in total. The van der Waals surface area contributed by atoms with E-state index in [0.717, 1.165) is 12.8 Å².